The summed E-state index contributed by atoms with van der Waals surface area (Å²) < 4.78 is 0. The molecule has 1 aliphatic rings. The first-order valence-corrected chi connectivity index (χ1v) is 7.28. The van der Waals surface area contributed by atoms with Gasteiger partial charge in [0.1, 0.15) is 0 Å². The van der Waals surface area contributed by atoms with Crippen LogP contribution in [0.2, 0.25) is 0 Å². The van der Waals surface area contributed by atoms with Crippen LogP contribution in [0.3, 0.4) is 0 Å². The van der Waals surface area contributed by atoms with E-state index in [9.17, 15) is 14.7 Å². The Morgan fingerprint density at radius 1 is 1.32 bits per heavy atom. The van der Waals surface area contributed by atoms with E-state index in [1.807, 2.05) is 5.38 Å². The molecule has 2 amide bonds. The zero-order chi connectivity index (χ0) is 13.7. The van der Waals surface area contributed by atoms with Crippen LogP contribution in [0.5, 0.6) is 0 Å². The van der Waals surface area contributed by atoms with Gasteiger partial charge in [-0.25, -0.2) is 0 Å². The van der Waals surface area contributed by atoms with Gasteiger partial charge in [0.2, 0.25) is 5.91 Å². The maximum Gasteiger partial charge on any atom is 0.261 e. The molecule has 19 heavy (non-hydrogen) atoms. The van der Waals surface area contributed by atoms with Crippen LogP contribution in [0.15, 0.2) is 17.5 Å². The molecule has 104 valence electrons. The van der Waals surface area contributed by atoms with E-state index in [4.69, 9.17) is 0 Å². The highest BCUT2D eigenvalue weighted by Crippen LogP contribution is 2.28. The normalized spacial score (nSPS) is 17.1. The Balaban J connectivity index is 1.68. The molecule has 0 aromatic carbocycles. The summed E-state index contributed by atoms with van der Waals surface area (Å²) in [7, 11) is 0. The van der Waals surface area contributed by atoms with E-state index in [1.54, 1.807) is 12.1 Å². The molecule has 0 radical (unpaired) electrons. The van der Waals surface area contributed by atoms with Gasteiger partial charge in [-0.3, -0.25) is 9.59 Å². The number of thiophene rings is 1. The Kier molecular flexibility index (Phi) is 4.55. The third kappa shape index (κ3) is 4.04. The molecular weight excluding hydrogens is 264 g/mol. The van der Waals surface area contributed by atoms with Gasteiger partial charge < -0.3 is 15.7 Å². The molecule has 1 saturated carbocycles. The van der Waals surface area contributed by atoms with Crippen LogP contribution in [0.25, 0.3) is 0 Å². The molecule has 5 nitrogen and oxygen atoms in total. The minimum atomic E-state index is -0.757. The van der Waals surface area contributed by atoms with Crippen molar-refractivity contribution in [3.8, 4) is 0 Å². The van der Waals surface area contributed by atoms with Crippen molar-refractivity contribution in [1.29, 1.82) is 0 Å². The van der Waals surface area contributed by atoms with Crippen molar-refractivity contribution < 1.29 is 14.7 Å². The van der Waals surface area contributed by atoms with E-state index < -0.39 is 5.60 Å². The summed E-state index contributed by atoms with van der Waals surface area (Å²) in [6.45, 7) is 0.202. The quantitative estimate of drug-likeness (QED) is 0.751. The first-order valence-electron chi connectivity index (χ1n) is 6.40. The first kappa shape index (κ1) is 14.0. The number of carbonyl (C=O) groups excluding carboxylic acids is 2. The van der Waals surface area contributed by atoms with E-state index >= 15 is 0 Å². The summed E-state index contributed by atoms with van der Waals surface area (Å²) in [4.78, 5) is 23.8. The van der Waals surface area contributed by atoms with Gasteiger partial charge in [-0.2, -0.15) is 0 Å². The Bertz CT molecular complexity index is 439. The second-order valence-corrected chi connectivity index (χ2v) is 5.82. The molecule has 0 spiro atoms. The molecule has 1 aromatic heterocycles. The third-order valence-corrected chi connectivity index (χ3v) is 4.17. The fraction of sp³-hybridized carbons (Fsp3) is 0.538. The summed E-state index contributed by atoms with van der Waals surface area (Å²) in [6, 6.07) is 3.49. The lowest BCUT2D eigenvalue weighted by Crippen LogP contribution is -2.44. The Morgan fingerprint density at radius 3 is 2.68 bits per heavy atom. The Labute approximate surface area is 116 Å². The summed E-state index contributed by atoms with van der Waals surface area (Å²) in [5.41, 5.74) is -0.757. The van der Waals surface area contributed by atoms with Gasteiger partial charge in [-0.15, -0.1) is 11.3 Å². The highest BCUT2D eigenvalue weighted by Gasteiger charge is 2.31. The van der Waals surface area contributed by atoms with Gasteiger partial charge >= 0.3 is 0 Å². The number of carbonyl (C=O) groups is 2. The van der Waals surface area contributed by atoms with Crippen molar-refractivity contribution in [2.45, 2.75) is 31.3 Å². The van der Waals surface area contributed by atoms with E-state index in [1.165, 1.54) is 11.3 Å². The van der Waals surface area contributed by atoms with Crippen LogP contribution >= 0.6 is 11.3 Å². The van der Waals surface area contributed by atoms with Crippen LogP contribution in [0, 0.1) is 0 Å². The number of hydrogen-bond acceptors (Lipinski definition) is 4. The molecule has 0 bridgehead atoms. The summed E-state index contributed by atoms with van der Waals surface area (Å²) in [6.07, 6.45) is 3.46. The molecule has 3 N–H and O–H groups in total. The van der Waals surface area contributed by atoms with Crippen molar-refractivity contribution in [2.75, 3.05) is 13.1 Å². The van der Waals surface area contributed by atoms with Gasteiger partial charge in [0.25, 0.3) is 5.91 Å². The number of nitrogens with one attached hydrogen (secondary N) is 2. The maximum atomic E-state index is 11.6. The topological polar surface area (TPSA) is 78.4 Å². The zero-order valence-corrected chi connectivity index (χ0v) is 11.5. The molecule has 6 heteroatoms. The van der Waals surface area contributed by atoms with Crippen molar-refractivity contribution in [1.82, 2.24) is 10.6 Å². The van der Waals surface area contributed by atoms with E-state index in [2.05, 4.69) is 10.6 Å². The maximum absolute atomic E-state index is 11.6. The molecule has 0 unspecified atom stereocenters. The van der Waals surface area contributed by atoms with Crippen LogP contribution in [-0.2, 0) is 4.79 Å². The number of aliphatic hydroxyl groups is 1. The van der Waals surface area contributed by atoms with Gasteiger partial charge in [0.15, 0.2) is 0 Å². The van der Waals surface area contributed by atoms with Crippen LogP contribution < -0.4 is 10.6 Å². The minimum absolute atomic E-state index is 0.0627. The van der Waals surface area contributed by atoms with Crippen molar-refractivity contribution in [3.05, 3.63) is 22.4 Å². The third-order valence-electron chi connectivity index (χ3n) is 3.30. The number of amides is 2. The molecule has 1 aromatic rings. The van der Waals surface area contributed by atoms with Crippen LogP contribution in [-0.4, -0.2) is 35.6 Å². The second kappa shape index (κ2) is 6.16. The molecule has 2 rings (SSSR count). The van der Waals surface area contributed by atoms with Gasteiger partial charge in [-0.05, 0) is 24.3 Å². The molecule has 0 atom stereocenters. The van der Waals surface area contributed by atoms with Crippen LogP contribution in [0.1, 0.15) is 35.4 Å². The standard InChI is InChI=1S/C13H18N2O3S/c16-11(15-9-13(18)5-1-2-6-13)8-14-12(17)10-4-3-7-19-10/h3-4,7,18H,1-2,5-6,8-9H2,(H,14,17)(H,15,16). The average Bonchev–Trinajstić information content (AvgIpc) is 3.05. The SMILES string of the molecule is O=C(CNC(=O)c1cccs1)NCC1(O)CCCC1. The van der Waals surface area contributed by atoms with E-state index in [-0.39, 0.29) is 24.9 Å². The highest BCUT2D eigenvalue weighted by molar-refractivity contribution is 7.12. The molecule has 0 saturated heterocycles. The molecular formula is C13H18N2O3S. The lowest BCUT2D eigenvalue weighted by atomic mass is 10.0. The average molecular weight is 282 g/mol. The molecule has 1 heterocycles. The summed E-state index contributed by atoms with van der Waals surface area (Å²) in [5, 5.41) is 17.1. The second-order valence-electron chi connectivity index (χ2n) is 4.87. The monoisotopic (exact) mass is 282 g/mol. The van der Waals surface area contributed by atoms with Gasteiger partial charge in [-0.1, -0.05) is 18.9 Å². The highest BCUT2D eigenvalue weighted by atomic mass is 32.1. The van der Waals surface area contributed by atoms with Crippen molar-refractivity contribution in [3.63, 3.8) is 0 Å². The first-order chi connectivity index (χ1) is 9.09. The smallest absolute Gasteiger partial charge is 0.261 e. The largest absolute Gasteiger partial charge is 0.388 e. The summed E-state index contributed by atoms with van der Waals surface area (Å²) >= 11 is 1.33. The fourth-order valence-electron chi connectivity index (χ4n) is 2.19. The minimum Gasteiger partial charge on any atom is -0.388 e. The van der Waals surface area contributed by atoms with Crippen molar-refractivity contribution in [2.24, 2.45) is 0 Å². The van der Waals surface area contributed by atoms with Gasteiger partial charge in [0.05, 0.1) is 17.0 Å². The lowest BCUT2D eigenvalue weighted by Gasteiger charge is -2.22. The molecule has 1 fully saturated rings. The Morgan fingerprint density at radius 2 is 2.05 bits per heavy atom. The predicted molar refractivity (Wildman–Crippen MR) is 73.1 cm³/mol. The van der Waals surface area contributed by atoms with Crippen molar-refractivity contribution >= 4 is 23.2 Å². The summed E-state index contributed by atoms with van der Waals surface area (Å²) in [5.74, 6) is -0.519. The van der Waals surface area contributed by atoms with E-state index in [0.29, 0.717) is 4.88 Å². The Hall–Kier alpha value is -1.40. The van der Waals surface area contributed by atoms with E-state index in [0.717, 1.165) is 25.7 Å². The number of hydrogen-bond donors (Lipinski definition) is 3. The zero-order valence-electron chi connectivity index (χ0n) is 10.6. The fourth-order valence-corrected chi connectivity index (χ4v) is 2.83. The molecule has 1 aliphatic carbocycles. The molecule has 0 aliphatic heterocycles. The van der Waals surface area contributed by atoms with Crippen LogP contribution in [0.4, 0.5) is 0 Å². The van der Waals surface area contributed by atoms with Gasteiger partial charge in [0, 0.05) is 6.54 Å². The number of rotatable bonds is 5. The predicted octanol–water partition coefficient (Wildman–Crippen LogP) is 0.899. The lowest BCUT2D eigenvalue weighted by molar-refractivity contribution is -0.121.